The second-order valence-corrected chi connectivity index (χ2v) is 7.88. The minimum atomic E-state index is -0.505. The molecule has 0 bridgehead atoms. The molecule has 2 rings (SSSR count). The van der Waals surface area contributed by atoms with Gasteiger partial charge in [0.25, 0.3) is 0 Å². The summed E-state index contributed by atoms with van der Waals surface area (Å²) in [7, 11) is 1.78. The second-order valence-electron chi connectivity index (χ2n) is 7.88. The fourth-order valence-corrected chi connectivity index (χ4v) is 3.00. The predicted octanol–water partition coefficient (Wildman–Crippen LogP) is 5.14. The number of para-hydroxylation sites is 2. The maximum absolute atomic E-state index is 12.9. The van der Waals surface area contributed by atoms with Crippen LogP contribution in [0.4, 0.5) is 16.2 Å². The maximum atomic E-state index is 12.9. The van der Waals surface area contributed by atoms with E-state index in [1.54, 1.807) is 18.9 Å². The van der Waals surface area contributed by atoms with Crippen molar-refractivity contribution in [3.05, 3.63) is 59.7 Å². The van der Waals surface area contributed by atoms with Crippen LogP contribution in [0.25, 0.3) is 0 Å². The van der Waals surface area contributed by atoms with Gasteiger partial charge in [0.15, 0.2) is 0 Å². The molecule has 4 heteroatoms. The van der Waals surface area contributed by atoms with Gasteiger partial charge >= 0.3 is 6.03 Å². The lowest BCUT2D eigenvalue weighted by atomic mass is 9.81. The molecule has 0 saturated carbocycles. The number of anilines is 2. The Morgan fingerprint density at radius 1 is 1.04 bits per heavy atom. The number of amides is 2. The van der Waals surface area contributed by atoms with E-state index in [2.05, 4.69) is 32.2 Å². The topological polar surface area (TPSA) is 52.6 Å². The summed E-state index contributed by atoms with van der Waals surface area (Å²) in [6.45, 7) is 10.2. The summed E-state index contributed by atoms with van der Waals surface area (Å²) in [5.41, 5.74) is 3.53. The summed E-state index contributed by atoms with van der Waals surface area (Å²) < 4.78 is 0. The quantitative estimate of drug-likeness (QED) is 0.799. The summed E-state index contributed by atoms with van der Waals surface area (Å²) in [5.74, 6) is -0.0840. The van der Waals surface area contributed by atoms with Crippen molar-refractivity contribution in [3.63, 3.8) is 0 Å². The molecule has 0 fully saturated rings. The highest BCUT2D eigenvalue weighted by Crippen LogP contribution is 2.38. The molecule has 0 spiro atoms. The molecule has 0 unspecified atom stereocenters. The Morgan fingerprint density at radius 3 is 2.19 bits per heavy atom. The van der Waals surface area contributed by atoms with Crippen molar-refractivity contribution in [1.82, 2.24) is 0 Å². The monoisotopic (exact) mass is 354 g/mol. The van der Waals surface area contributed by atoms with Crippen LogP contribution in [0.2, 0.25) is 0 Å². The number of nitrogens with one attached hydrogen (secondary N) is 1. The average Bonchev–Trinajstić information content (AvgIpc) is 2.59. The third kappa shape index (κ3) is 4.44. The summed E-state index contributed by atoms with van der Waals surface area (Å²) in [4.78, 5) is 14.5. The average molecular weight is 354 g/mol. The fourth-order valence-electron chi connectivity index (χ4n) is 3.00. The van der Waals surface area contributed by atoms with Crippen LogP contribution >= 0.6 is 0 Å². The van der Waals surface area contributed by atoms with Crippen molar-refractivity contribution in [3.8, 4) is 0 Å². The highest BCUT2D eigenvalue weighted by atomic mass is 16.3. The van der Waals surface area contributed by atoms with Crippen molar-refractivity contribution in [2.75, 3.05) is 17.3 Å². The SMILES string of the molecule is C[C@H](O)[C@@H](C)c1cccc(C(C)(C)C)c1N(C)C(=O)Nc1ccccc1. The van der Waals surface area contributed by atoms with E-state index in [0.717, 1.165) is 22.5 Å². The molecule has 4 nitrogen and oxygen atoms in total. The first-order valence-electron chi connectivity index (χ1n) is 9.04. The smallest absolute Gasteiger partial charge is 0.326 e. The lowest BCUT2D eigenvalue weighted by Crippen LogP contribution is -2.34. The van der Waals surface area contributed by atoms with E-state index in [0.29, 0.717) is 0 Å². The number of urea groups is 1. The number of benzene rings is 2. The van der Waals surface area contributed by atoms with Crippen molar-refractivity contribution in [2.45, 2.75) is 52.1 Å². The van der Waals surface area contributed by atoms with Crippen LogP contribution in [-0.4, -0.2) is 24.3 Å². The zero-order valence-corrected chi connectivity index (χ0v) is 16.6. The van der Waals surface area contributed by atoms with E-state index in [1.807, 2.05) is 49.4 Å². The van der Waals surface area contributed by atoms with Crippen LogP contribution in [0.15, 0.2) is 48.5 Å². The highest BCUT2D eigenvalue weighted by molar-refractivity contribution is 6.02. The minimum absolute atomic E-state index is 0.0840. The fraction of sp³-hybridized carbons (Fsp3) is 0.409. The number of aliphatic hydroxyl groups excluding tert-OH is 1. The lowest BCUT2D eigenvalue weighted by Gasteiger charge is -2.32. The molecule has 0 aromatic heterocycles. The Hall–Kier alpha value is -2.33. The van der Waals surface area contributed by atoms with E-state index in [1.165, 1.54) is 0 Å². The first kappa shape index (κ1) is 20.0. The van der Waals surface area contributed by atoms with E-state index in [-0.39, 0.29) is 17.4 Å². The molecule has 2 atom stereocenters. The number of carbonyl (C=O) groups is 1. The molecule has 0 aliphatic carbocycles. The number of nitrogens with zero attached hydrogens (tertiary/aromatic N) is 1. The molecule has 0 aliphatic rings. The standard InChI is InChI=1S/C22H30N2O2/c1-15(16(2)25)18-13-10-14-19(22(3,4)5)20(18)24(6)21(26)23-17-11-8-7-9-12-17/h7-16,25H,1-6H3,(H,23,26)/t15-,16+/m1/s1. The van der Waals surface area contributed by atoms with Gasteiger partial charge in [-0.15, -0.1) is 0 Å². The number of rotatable bonds is 4. The van der Waals surface area contributed by atoms with Gasteiger partial charge in [0, 0.05) is 18.7 Å². The van der Waals surface area contributed by atoms with E-state index in [9.17, 15) is 9.90 Å². The molecule has 2 aromatic carbocycles. The molecule has 2 amide bonds. The molecule has 26 heavy (non-hydrogen) atoms. The third-order valence-electron chi connectivity index (χ3n) is 4.75. The molecule has 0 radical (unpaired) electrons. The van der Waals surface area contributed by atoms with Crippen LogP contribution in [0, 0.1) is 0 Å². The van der Waals surface area contributed by atoms with Gasteiger partial charge in [0.05, 0.1) is 11.8 Å². The third-order valence-corrected chi connectivity index (χ3v) is 4.75. The number of hydrogen-bond donors (Lipinski definition) is 2. The van der Waals surface area contributed by atoms with Crippen molar-refractivity contribution in [1.29, 1.82) is 0 Å². The molecule has 0 saturated heterocycles. The largest absolute Gasteiger partial charge is 0.393 e. The zero-order chi connectivity index (χ0) is 19.5. The van der Waals surface area contributed by atoms with Gasteiger partial charge in [-0.1, -0.05) is 64.1 Å². The summed E-state index contributed by atoms with van der Waals surface area (Å²) >= 11 is 0. The van der Waals surface area contributed by atoms with Gasteiger partial charge < -0.3 is 10.4 Å². The van der Waals surface area contributed by atoms with Crippen LogP contribution in [-0.2, 0) is 5.41 Å². The van der Waals surface area contributed by atoms with Crippen molar-refractivity contribution >= 4 is 17.4 Å². The number of carbonyl (C=O) groups excluding carboxylic acids is 1. The summed E-state index contributed by atoms with van der Waals surface area (Å²) in [6.07, 6.45) is -0.505. The Morgan fingerprint density at radius 2 is 1.65 bits per heavy atom. The van der Waals surface area contributed by atoms with Gasteiger partial charge in [-0.05, 0) is 35.6 Å². The number of aliphatic hydroxyl groups is 1. The van der Waals surface area contributed by atoms with E-state index in [4.69, 9.17) is 0 Å². The lowest BCUT2D eigenvalue weighted by molar-refractivity contribution is 0.169. The predicted molar refractivity (Wildman–Crippen MR) is 109 cm³/mol. The molecular formula is C22H30N2O2. The van der Waals surface area contributed by atoms with Crippen molar-refractivity contribution < 1.29 is 9.90 Å². The molecule has 0 heterocycles. The van der Waals surface area contributed by atoms with Gasteiger partial charge in [0.2, 0.25) is 0 Å². The molecular weight excluding hydrogens is 324 g/mol. The maximum Gasteiger partial charge on any atom is 0.326 e. The summed E-state index contributed by atoms with van der Waals surface area (Å²) in [5, 5.41) is 13.1. The molecule has 2 N–H and O–H groups in total. The second kappa shape index (κ2) is 7.92. The Labute approximate surface area is 156 Å². The van der Waals surface area contributed by atoms with Gasteiger partial charge in [-0.25, -0.2) is 4.79 Å². The van der Waals surface area contributed by atoms with Gasteiger partial charge in [-0.2, -0.15) is 0 Å². The van der Waals surface area contributed by atoms with Crippen LogP contribution in [0.1, 0.15) is 51.7 Å². The van der Waals surface area contributed by atoms with Crippen LogP contribution in [0.3, 0.4) is 0 Å². The Balaban J connectivity index is 2.49. The Bertz CT molecular complexity index is 748. The minimum Gasteiger partial charge on any atom is -0.393 e. The zero-order valence-electron chi connectivity index (χ0n) is 16.6. The van der Waals surface area contributed by atoms with Crippen molar-refractivity contribution in [2.24, 2.45) is 0 Å². The van der Waals surface area contributed by atoms with Crippen LogP contribution in [0.5, 0.6) is 0 Å². The van der Waals surface area contributed by atoms with Gasteiger partial charge in [0.1, 0.15) is 0 Å². The highest BCUT2D eigenvalue weighted by Gasteiger charge is 2.28. The number of hydrogen-bond acceptors (Lipinski definition) is 2. The first-order valence-corrected chi connectivity index (χ1v) is 9.04. The van der Waals surface area contributed by atoms with E-state index >= 15 is 0 Å². The Kier molecular flexibility index (Phi) is 6.09. The normalized spacial score (nSPS) is 13.8. The molecule has 0 aliphatic heterocycles. The molecule has 2 aromatic rings. The molecule has 140 valence electrons. The van der Waals surface area contributed by atoms with Crippen LogP contribution < -0.4 is 10.2 Å². The first-order chi connectivity index (χ1) is 12.1. The van der Waals surface area contributed by atoms with E-state index < -0.39 is 6.10 Å². The van der Waals surface area contributed by atoms with Gasteiger partial charge in [-0.3, -0.25) is 4.90 Å². The summed E-state index contributed by atoms with van der Waals surface area (Å²) in [6, 6.07) is 15.3.